The first-order valence-electron chi connectivity index (χ1n) is 7.87. The number of nitrogens with one attached hydrogen (secondary N) is 2. The first-order chi connectivity index (χ1) is 11.5. The van der Waals surface area contributed by atoms with Crippen molar-refractivity contribution < 1.29 is 19.1 Å². The summed E-state index contributed by atoms with van der Waals surface area (Å²) in [5.74, 6) is 0. The van der Waals surface area contributed by atoms with Gasteiger partial charge in [-0.2, -0.15) is 4.98 Å². The van der Waals surface area contributed by atoms with Crippen molar-refractivity contribution in [1.29, 1.82) is 0 Å². The van der Waals surface area contributed by atoms with Crippen LogP contribution < -0.4 is 15.8 Å². The molecule has 3 rings (SSSR count). The lowest BCUT2D eigenvalue weighted by Crippen LogP contribution is -2.40. The summed E-state index contributed by atoms with van der Waals surface area (Å²) < 4.78 is 11.4. The van der Waals surface area contributed by atoms with Gasteiger partial charge in [0.15, 0.2) is 0 Å². The smallest absolute Gasteiger partial charge is 0.404 e. The Labute approximate surface area is 137 Å². The van der Waals surface area contributed by atoms with Gasteiger partial charge in [-0.1, -0.05) is 0 Å². The summed E-state index contributed by atoms with van der Waals surface area (Å²) in [7, 11) is 0. The zero-order chi connectivity index (χ0) is 17.1. The van der Waals surface area contributed by atoms with Crippen LogP contribution in [0.5, 0.6) is 0 Å². The molecule has 0 radical (unpaired) electrons. The second-order valence-corrected chi connectivity index (χ2v) is 5.90. The van der Waals surface area contributed by atoms with Crippen LogP contribution in [0.2, 0.25) is 0 Å². The molecule has 9 nitrogen and oxygen atoms in total. The van der Waals surface area contributed by atoms with Crippen molar-refractivity contribution in [2.24, 2.45) is 0 Å². The molecular formula is C15H20N4O5. The molecule has 1 aliphatic heterocycles. The number of amides is 1. The normalized spacial score (nSPS) is 17.1. The van der Waals surface area contributed by atoms with E-state index in [1.165, 1.54) is 6.07 Å². The van der Waals surface area contributed by atoms with Gasteiger partial charge >= 0.3 is 6.09 Å². The molecule has 1 amide bonds. The Kier molecular flexibility index (Phi) is 4.70. The van der Waals surface area contributed by atoms with Crippen LogP contribution in [-0.2, 0) is 4.74 Å². The Morgan fingerprint density at radius 3 is 3.00 bits per heavy atom. The fraction of sp³-hybridized carbons (Fsp3) is 0.533. The van der Waals surface area contributed by atoms with Crippen LogP contribution in [0.3, 0.4) is 0 Å². The third kappa shape index (κ3) is 3.85. The average molecular weight is 336 g/mol. The predicted octanol–water partition coefficient (Wildman–Crippen LogP) is 1.16. The molecule has 3 N–H and O–H groups in total. The number of hydrogen-bond acceptors (Lipinski definition) is 6. The number of piperidine rings is 1. The maximum Gasteiger partial charge on any atom is 0.404 e. The molecule has 2 aromatic rings. The highest BCUT2D eigenvalue weighted by Crippen LogP contribution is 2.23. The highest BCUT2D eigenvalue weighted by molar-refractivity contribution is 5.69. The number of carbonyl (C=O) groups is 1. The largest absolute Gasteiger partial charge is 0.465 e. The van der Waals surface area contributed by atoms with Gasteiger partial charge in [0.2, 0.25) is 5.71 Å². The molecule has 0 saturated carbocycles. The lowest BCUT2D eigenvalue weighted by Gasteiger charge is -2.31. The van der Waals surface area contributed by atoms with E-state index >= 15 is 0 Å². The van der Waals surface area contributed by atoms with Gasteiger partial charge in [-0.3, -0.25) is 9.78 Å². The van der Waals surface area contributed by atoms with Crippen LogP contribution in [0.15, 0.2) is 21.3 Å². The van der Waals surface area contributed by atoms with E-state index in [0.29, 0.717) is 23.9 Å². The monoisotopic (exact) mass is 336 g/mol. The SMILES string of the molecule is C[C@@H](COC1CCN(c2nc3ccc(=O)[nH]c3o2)CC1)NC(=O)O. The number of nitrogens with zero attached hydrogens (tertiary/aromatic N) is 2. The number of fused-ring (bicyclic) bond motifs is 1. The molecule has 3 heterocycles. The van der Waals surface area contributed by atoms with E-state index in [4.69, 9.17) is 14.3 Å². The summed E-state index contributed by atoms with van der Waals surface area (Å²) in [6.07, 6.45) is 0.641. The van der Waals surface area contributed by atoms with Crippen LogP contribution in [0.25, 0.3) is 11.2 Å². The van der Waals surface area contributed by atoms with E-state index in [1.807, 2.05) is 4.90 Å². The average Bonchev–Trinajstić information content (AvgIpc) is 2.96. The minimum Gasteiger partial charge on any atom is -0.465 e. The van der Waals surface area contributed by atoms with Crippen molar-refractivity contribution in [3.05, 3.63) is 22.5 Å². The summed E-state index contributed by atoms with van der Waals surface area (Å²) in [5, 5.41) is 11.0. The van der Waals surface area contributed by atoms with E-state index in [-0.39, 0.29) is 17.7 Å². The minimum atomic E-state index is -1.05. The summed E-state index contributed by atoms with van der Waals surface area (Å²) >= 11 is 0. The maximum absolute atomic E-state index is 11.3. The van der Waals surface area contributed by atoms with Crippen molar-refractivity contribution in [3.8, 4) is 0 Å². The Hall–Kier alpha value is -2.55. The molecule has 9 heteroatoms. The van der Waals surface area contributed by atoms with Gasteiger partial charge in [0, 0.05) is 19.2 Å². The standard InChI is InChI=1S/C15H20N4O5/c1-9(16-15(21)22)8-23-10-4-6-19(7-5-10)14-17-11-2-3-12(20)18-13(11)24-14/h2-3,9-10,16H,4-8H2,1H3,(H,18,20)(H,21,22)/t9-/m0/s1. The number of carboxylic acid groups (broad SMARTS) is 1. The van der Waals surface area contributed by atoms with Gasteiger partial charge in [-0.05, 0) is 25.8 Å². The Morgan fingerprint density at radius 1 is 1.54 bits per heavy atom. The fourth-order valence-electron chi connectivity index (χ4n) is 2.71. The molecule has 1 saturated heterocycles. The topological polar surface area (TPSA) is 121 Å². The molecule has 0 bridgehead atoms. The third-order valence-corrected chi connectivity index (χ3v) is 3.94. The number of H-pyrrole nitrogens is 1. The molecule has 1 fully saturated rings. The van der Waals surface area contributed by atoms with Gasteiger partial charge in [-0.15, -0.1) is 0 Å². The number of oxazole rings is 1. The van der Waals surface area contributed by atoms with Crippen molar-refractivity contribution in [2.75, 3.05) is 24.6 Å². The summed E-state index contributed by atoms with van der Waals surface area (Å²) in [5.41, 5.74) is 0.780. The second kappa shape index (κ2) is 6.91. The van der Waals surface area contributed by atoms with Crippen LogP contribution in [-0.4, -0.2) is 53.0 Å². The van der Waals surface area contributed by atoms with Gasteiger partial charge in [-0.25, -0.2) is 4.79 Å². The molecule has 0 unspecified atom stereocenters. The molecule has 1 aliphatic rings. The zero-order valence-electron chi connectivity index (χ0n) is 13.3. The summed E-state index contributed by atoms with van der Waals surface area (Å²) in [6, 6.07) is 3.30. The lowest BCUT2D eigenvalue weighted by molar-refractivity contribution is 0.0260. The van der Waals surface area contributed by atoms with Crippen molar-refractivity contribution in [1.82, 2.24) is 15.3 Å². The number of aromatic nitrogens is 2. The highest BCUT2D eigenvalue weighted by Gasteiger charge is 2.23. The fourth-order valence-corrected chi connectivity index (χ4v) is 2.71. The first kappa shape index (κ1) is 16.3. The number of rotatable bonds is 5. The van der Waals surface area contributed by atoms with E-state index < -0.39 is 6.09 Å². The van der Waals surface area contributed by atoms with Crippen molar-refractivity contribution in [3.63, 3.8) is 0 Å². The second-order valence-electron chi connectivity index (χ2n) is 5.90. The number of aromatic amines is 1. The zero-order valence-corrected chi connectivity index (χ0v) is 13.3. The number of anilines is 1. The van der Waals surface area contributed by atoms with E-state index in [0.717, 1.165) is 25.9 Å². The van der Waals surface area contributed by atoms with Crippen LogP contribution in [0.1, 0.15) is 19.8 Å². The third-order valence-electron chi connectivity index (χ3n) is 3.94. The molecule has 0 spiro atoms. The number of hydrogen-bond donors (Lipinski definition) is 3. The van der Waals surface area contributed by atoms with E-state index in [9.17, 15) is 9.59 Å². The predicted molar refractivity (Wildman–Crippen MR) is 86.4 cm³/mol. The quantitative estimate of drug-likeness (QED) is 0.749. The molecule has 0 aromatic carbocycles. The van der Waals surface area contributed by atoms with Gasteiger partial charge in [0.25, 0.3) is 11.6 Å². The van der Waals surface area contributed by atoms with E-state index in [2.05, 4.69) is 15.3 Å². The van der Waals surface area contributed by atoms with Crippen LogP contribution in [0.4, 0.5) is 10.8 Å². The lowest BCUT2D eigenvalue weighted by atomic mass is 10.1. The summed E-state index contributed by atoms with van der Waals surface area (Å²) in [4.78, 5) is 30.8. The maximum atomic E-state index is 11.3. The van der Waals surface area contributed by atoms with Crippen LogP contribution in [0, 0.1) is 0 Å². The Balaban J connectivity index is 1.52. The van der Waals surface area contributed by atoms with Gasteiger partial charge in [0.1, 0.15) is 5.52 Å². The van der Waals surface area contributed by atoms with Gasteiger partial charge < -0.3 is 24.5 Å². The summed E-state index contributed by atoms with van der Waals surface area (Å²) in [6.45, 7) is 3.56. The van der Waals surface area contributed by atoms with Crippen molar-refractivity contribution >= 4 is 23.3 Å². The molecule has 2 aromatic heterocycles. The number of pyridine rings is 1. The van der Waals surface area contributed by atoms with Crippen LogP contribution >= 0.6 is 0 Å². The molecule has 130 valence electrons. The Morgan fingerprint density at radius 2 is 2.29 bits per heavy atom. The molecule has 1 atom stereocenters. The molecule has 24 heavy (non-hydrogen) atoms. The Bertz CT molecular complexity index is 763. The first-order valence-corrected chi connectivity index (χ1v) is 7.87. The highest BCUT2D eigenvalue weighted by atomic mass is 16.5. The molecule has 0 aliphatic carbocycles. The van der Waals surface area contributed by atoms with Gasteiger partial charge in [0.05, 0.1) is 18.8 Å². The van der Waals surface area contributed by atoms with E-state index in [1.54, 1.807) is 13.0 Å². The van der Waals surface area contributed by atoms with Crippen molar-refractivity contribution in [2.45, 2.75) is 31.9 Å². The molecular weight excluding hydrogens is 316 g/mol. The minimum absolute atomic E-state index is 0.0866. The number of ether oxygens (including phenoxy) is 1.